The van der Waals surface area contributed by atoms with Crippen molar-refractivity contribution in [2.75, 3.05) is 6.61 Å². The van der Waals surface area contributed by atoms with Crippen LogP contribution < -0.4 is 11.1 Å². The molecule has 0 aliphatic carbocycles. The molecule has 4 N–H and O–H groups in total. The van der Waals surface area contributed by atoms with Gasteiger partial charge in [0, 0.05) is 18.3 Å². The topological polar surface area (TPSA) is 136 Å². The molecule has 3 unspecified atom stereocenters. The second-order valence-electron chi connectivity index (χ2n) is 11.0. The first-order valence-corrected chi connectivity index (χ1v) is 15.7. The van der Waals surface area contributed by atoms with Gasteiger partial charge in [0.15, 0.2) is 0 Å². The summed E-state index contributed by atoms with van der Waals surface area (Å²) in [5.74, 6) is -3.66. The highest BCUT2D eigenvalue weighted by atomic mass is 16.5. The third kappa shape index (κ3) is 21.5. The van der Waals surface area contributed by atoms with Gasteiger partial charge in [-0.2, -0.15) is 0 Å². The minimum Gasteiger partial charge on any atom is -0.466 e. The van der Waals surface area contributed by atoms with E-state index in [9.17, 15) is 24.3 Å². The van der Waals surface area contributed by atoms with E-state index in [0.29, 0.717) is 13.0 Å². The summed E-state index contributed by atoms with van der Waals surface area (Å²) in [6.45, 7) is 5.66. The quantitative estimate of drug-likeness (QED) is 0.0871. The molecule has 0 heterocycles. The van der Waals surface area contributed by atoms with Crippen LogP contribution in [0.25, 0.3) is 0 Å². The number of nitrogens with one attached hydrogen (secondary N) is 1. The number of hydrogen-bond donors (Lipinski definition) is 3. The fraction of sp³-hybridized carbons (Fsp3) is 0.871. The lowest BCUT2D eigenvalue weighted by Gasteiger charge is -2.20. The molecule has 0 saturated carbocycles. The summed E-state index contributed by atoms with van der Waals surface area (Å²) in [6.07, 6.45) is 19.9. The van der Waals surface area contributed by atoms with Gasteiger partial charge in [-0.3, -0.25) is 24.5 Å². The van der Waals surface area contributed by atoms with E-state index >= 15 is 0 Å². The van der Waals surface area contributed by atoms with E-state index in [-0.39, 0.29) is 19.3 Å². The Labute approximate surface area is 237 Å². The van der Waals surface area contributed by atoms with E-state index in [0.717, 1.165) is 19.3 Å². The van der Waals surface area contributed by atoms with Crippen LogP contribution in [0.2, 0.25) is 0 Å². The lowest BCUT2D eigenvalue weighted by Crippen LogP contribution is -2.42. The molecule has 0 aromatic heterocycles. The number of aliphatic hydroxyl groups is 1. The Morgan fingerprint density at radius 1 is 0.718 bits per heavy atom. The Balaban J connectivity index is 3.95. The fourth-order valence-corrected chi connectivity index (χ4v) is 4.71. The first-order valence-electron chi connectivity index (χ1n) is 15.7. The van der Waals surface area contributed by atoms with Crippen LogP contribution in [-0.4, -0.2) is 41.5 Å². The van der Waals surface area contributed by atoms with Gasteiger partial charge in [0.25, 0.3) is 5.91 Å². The van der Waals surface area contributed by atoms with Gasteiger partial charge >= 0.3 is 5.97 Å². The molecule has 0 aromatic rings. The molecule has 228 valence electrons. The predicted molar refractivity (Wildman–Crippen MR) is 156 cm³/mol. The molecule has 0 saturated heterocycles. The standard InChI is InChI=1S/C31H58N2O6/c1-4-6-7-8-9-10-11-12-13-14-15-16-17-18-19-20-23-39-28(35)22-21-27(24-26(5-2)29(32)36)31(38)33-30(37)25(3)34/h25-27,34H,4-24H2,1-3H3,(H2,32,36)(H,33,37,38). The normalized spacial score (nSPS) is 13.4. The van der Waals surface area contributed by atoms with Crippen LogP contribution in [0.15, 0.2) is 0 Å². The summed E-state index contributed by atoms with van der Waals surface area (Å²) in [7, 11) is 0. The molecular formula is C31H58N2O6. The van der Waals surface area contributed by atoms with Gasteiger partial charge in [0.2, 0.25) is 11.8 Å². The molecule has 39 heavy (non-hydrogen) atoms. The Hall–Kier alpha value is -1.96. The van der Waals surface area contributed by atoms with Crippen molar-refractivity contribution in [1.82, 2.24) is 5.32 Å². The summed E-state index contributed by atoms with van der Waals surface area (Å²) in [6, 6.07) is 0. The lowest BCUT2D eigenvalue weighted by molar-refractivity contribution is -0.144. The van der Waals surface area contributed by atoms with Crippen LogP contribution in [0.1, 0.15) is 149 Å². The number of carbonyl (C=O) groups is 4. The Kier molecular flexibility index (Phi) is 23.8. The van der Waals surface area contributed by atoms with Gasteiger partial charge in [-0.15, -0.1) is 0 Å². The van der Waals surface area contributed by atoms with Crippen molar-refractivity contribution < 1.29 is 29.0 Å². The first-order chi connectivity index (χ1) is 18.7. The van der Waals surface area contributed by atoms with Crippen LogP contribution in [0, 0.1) is 11.8 Å². The molecule has 0 fully saturated rings. The number of primary amides is 1. The van der Waals surface area contributed by atoms with E-state index in [1.165, 1.54) is 90.4 Å². The van der Waals surface area contributed by atoms with E-state index in [1.807, 2.05) is 0 Å². The zero-order valence-electron chi connectivity index (χ0n) is 25.1. The van der Waals surface area contributed by atoms with Crippen molar-refractivity contribution in [3.05, 3.63) is 0 Å². The molecule has 3 amide bonds. The van der Waals surface area contributed by atoms with Crippen LogP contribution in [-0.2, 0) is 23.9 Å². The van der Waals surface area contributed by atoms with Crippen LogP contribution in [0.3, 0.4) is 0 Å². The SMILES string of the molecule is CCCCCCCCCCCCCCCCCCOC(=O)CCC(CC(CC)C(N)=O)C(=O)NC(=O)C(C)O. The predicted octanol–water partition coefficient (Wildman–Crippen LogP) is 6.11. The zero-order chi connectivity index (χ0) is 29.3. The van der Waals surface area contributed by atoms with E-state index in [2.05, 4.69) is 12.2 Å². The maximum Gasteiger partial charge on any atom is 0.305 e. The minimum atomic E-state index is -1.34. The molecule has 8 heteroatoms. The summed E-state index contributed by atoms with van der Waals surface area (Å²) in [5, 5.41) is 11.5. The van der Waals surface area contributed by atoms with Gasteiger partial charge in [-0.25, -0.2) is 0 Å². The number of nitrogens with two attached hydrogens (primary N) is 1. The van der Waals surface area contributed by atoms with Gasteiger partial charge in [0.05, 0.1) is 6.61 Å². The molecular weight excluding hydrogens is 496 g/mol. The van der Waals surface area contributed by atoms with E-state index < -0.39 is 41.6 Å². The number of amides is 3. The van der Waals surface area contributed by atoms with Crippen LogP contribution in [0.4, 0.5) is 0 Å². The molecule has 0 radical (unpaired) electrons. The van der Waals surface area contributed by atoms with E-state index in [1.54, 1.807) is 6.92 Å². The second-order valence-corrected chi connectivity index (χ2v) is 11.0. The average molecular weight is 555 g/mol. The molecule has 3 atom stereocenters. The Bertz CT molecular complexity index is 667. The molecule has 0 aliphatic rings. The first kappa shape index (κ1) is 37.0. The van der Waals surface area contributed by atoms with Crippen LogP contribution in [0.5, 0.6) is 0 Å². The van der Waals surface area contributed by atoms with Crippen molar-refractivity contribution in [2.45, 2.75) is 155 Å². The number of hydrogen-bond acceptors (Lipinski definition) is 6. The number of aliphatic hydroxyl groups excluding tert-OH is 1. The number of carbonyl (C=O) groups excluding carboxylic acids is 4. The monoisotopic (exact) mass is 554 g/mol. The number of esters is 1. The largest absolute Gasteiger partial charge is 0.466 e. The van der Waals surface area contributed by atoms with E-state index in [4.69, 9.17) is 10.5 Å². The average Bonchev–Trinajstić information content (AvgIpc) is 2.90. The smallest absolute Gasteiger partial charge is 0.305 e. The number of rotatable bonds is 26. The second kappa shape index (κ2) is 25.0. The molecule has 0 bridgehead atoms. The highest BCUT2D eigenvalue weighted by molar-refractivity contribution is 5.98. The van der Waals surface area contributed by atoms with Crippen molar-refractivity contribution >= 4 is 23.7 Å². The third-order valence-electron chi connectivity index (χ3n) is 7.42. The summed E-state index contributed by atoms with van der Waals surface area (Å²) in [5.41, 5.74) is 5.41. The van der Waals surface area contributed by atoms with Crippen LogP contribution >= 0.6 is 0 Å². The molecule has 0 spiro atoms. The van der Waals surface area contributed by atoms with Gasteiger partial charge in [0.1, 0.15) is 6.10 Å². The third-order valence-corrected chi connectivity index (χ3v) is 7.42. The fourth-order valence-electron chi connectivity index (χ4n) is 4.71. The Morgan fingerprint density at radius 2 is 1.18 bits per heavy atom. The minimum absolute atomic E-state index is 0.00894. The highest BCUT2D eigenvalue weighted by Gasteiger charge is 2.27. The van der Waals surface area contributed by atoms with Crippen molar-refractivity contribution in [3.8, 4) is 0 Å². The lowest BCUT2D eigenvalue weighted by atomic mass is 9.88. The molecule has 8 nitrogen and oxygen atoms in total. The number of imide groups is 1. The molecule has 0 aliphatic heterocycles. The molecule has 0 aromatic carbocycles. The van der Waals surface area contributed by atoms with Crippen molar-refractivity contribution in [2.24, 2.45) is 17.6 Å². The molecule has 0 rings (SSSR count). The summed E-state index contributed by atoms with van der Waals surface area (Å²) in [4.78, 5) is 48.1. The maximum absolute atomic E-state index is 12.5. The van der Waals surface area contributed by atoms with Gasteiger partial charge in [-0.1, -0.05) is 110 Å². The maximum atomic E-state index is 12.5. The highest BCUT2D eigenvalue weighted by Crippen LogP contribution is 2.21. The van der Waals surface area contributed by atoms with Crippen molar-refractivity contribution in [1.29, 1.82) is 0 Å². The summed E-state index contributed by atoms with van der Waals surface area (Å²) < 4.78 is 5.32. The number of unbranched alkanes of at least 4 members (excludes halogenated alkanes) is 15. The Morgan fingerprint density at radius 3 is 1.59 bits per heavy atom. The number of ether oxygens (including phenoxy) is 1. The zero-order valence-corrected chi connectivity index (χ0v) is 25.1. The van der Waals surface area contributed by atoms with Gasteiger partial charge in [-0.05, 0) is 32.6 Å². The summed E-state index contributed by atoms with van der Waals surface area (Å²) >= 11 is 0. The van der Waals surface area contributed by atoms with Gasteiger partial charge < -0.3 is 15.6 Å². The van der Waals surface area contributed by atoms with Crippen molar-refractivity contribution in [3.63, 3.8) is 0 Å².